The highest BCUT2D eigenvalue weighted by Gasteiger charge is 2.31. The second-order valence-corrected chi connectivity index (χ2v) is 13.2. The number of anilines is 6. The molecule has 0 bridgehead atoms. The lowest BCUT2D eigenvalue weighted by molar-refractivity contribution is 0.477. The van der Waals surface area contributed by atoms with Crippen molar-refractivity contribution in [2.24, 2.45) is 0 Å². The Bertz CT molecular complexity index is 2760. The Labute approximate surface area is 309 Å². The van der Waals surface area contributed by atoms with Crippen molar-refractivity contribution in [3.63, 3.8) is 0 Å². The first-order chi connectivity index (χ1) is 26.7. The second-order valence-electron chi connectivity index (χ2n) is 13.2. The van der Waals surface area contributed by atoms with Crippen LogP contribution in [-0.4, -0.2) is 9.97 Å². The van der Waals surface area contributed by atoms with E-state index in [0.717, 1.165) is 90.1 Å². The number of aromatic nitrogens is 2. The lowest BCUT2D eigenvalue weighted by atomic mass is 9.93. The maximum absolute atomic E-state index is 9.77. The Morgan fingerprint density at radius 3 is 1.33 bits per heavy atom. The van der Waals surface area contributed by atoms with Crippen molar-refractivity contribution in [3.05, 3.63) is 157 Å². The number of hydrogen-bond acceptors (Lipinski definition) is 8. The highest BCUT2D eigenvalue weighted by Crippen LogP contribution is 2.55. The molecular weight excluding hydrogens is 669 g/mol. The van der Waals surface area contributed by atoms with Crippen molar-refractivity contribution >= 4 is 44.9 Å². The molecule has 1 aliphatic carbocycles. The first-order valence-electron chi connectivity index (χ1n) is 17.4. The maximum atomic E-state index is 9.77. The fourth-order valence-electron chi connectivity index (χ4n) is 7.99. The van der Waals surface area contributed by atoms with Crippen LogP contribution in [0, 0.1) is 22.7 Å². The number of nitrogens with zero attached hydrogens (tertiary/aromatic N) is 6. The van der Waals surface area contributed by atoms with Crippen LogP contribution in [0.5, 0.6) is 23.0 Å². The number of hydrogen-bond donors (Lipinski definition) is 0. The average molecular weight is 693 g/mol. The molecule has 11 rings (SSSR count). The Morgan fingerprint density at radius 2 is 0.870 bits per heavy atom. The smallest absolute Gasteiger partial charge is 0.177 e. The monoisotopic (exact) mass is 692 g/mol. The fourth-order valence-corrected chi connectivity index (χ4v) is 7.99. The summed E-state index contributed by atoms with van der Waals surface area (Å²) in [7, 11) is 0. The number of ether oxygens (including phenoxy) is 2. The van der Waals surface area contributed by atoms with Gasteiger partial charge < -0.3 is 19.3 Å². The molecule has 0 N–H and O–H groups in total. The first kappa shape index (κ1) is 29.8. The molecule has 0 saturated carbocycles. The molecular formula is C46H24N6O2. The third-order valence-corrected chi connectivity index (χ3v) is 10.3. The summed E-state index contributed by atoms with van der Waals surface area (Å²) in [6.45, 7) is 0. The van der Waals surface area contributed by atoms with E-state index in [2.05, 4.69) is 92.6 Å². The van der Waals surface area contributed by atoms with Gasteiger partial charge in [-0.15, -0.1) is 0 Å². The molecule has 1 aromatic heterocycles. The molecule has 8 heteroatoms. The van der Waals surface area contributed by atoms with Crippen LogP contribution in [0.25, 0.3) is 44.4 Å². The van der Waals surface area contributed by atoms with Gasteiger partial charge in [-0.3, -0.25) is 0 Å². The fraction of sp³-hybridized carbons (Fsp3) is 0. The highest BCUT2D eigenvalue weighted by molar-refractivity contribution is 6.17. The van der Waals surface area contributed by atoms with Gasteiger partial charge in [0.05, 0.1) is 34.1 Å². The van der Waals surface area contributed by atoms with E-state index in [1.165, 1.54) is 0 Å². The summed E-state index contributed by atoms with van der Waals surface area (Å²) in [5, 5.41) is 21.5. The van der Waals surface area contributed by atoms with Gasteiger partial charge in [0.15, 0.2) is 34.4 Å². The van der Waals surface area contributed by atoms with Crippen molar-refractivity contribution < 1.29 is 9.47 Å². The molecule has 0 amide bonds. The minimum Gasteiger partial charge on any atom is -0.453 e. The topological polar surface area (TPSA) is 98.3 Å². The summed E-state index contributed by atoms with van der Waals surface area (Å²) >= 11 is 0. The van der Waals surface area contributed by atoms with Crippen molar-refractivity contribution in [1.82, 2.24) is 9.97 Å². The zero-order valence-electron chi connectivity index (χ0n) is 28.4. The molecule has 250 valence electrons. The van der Waals surface area contributed by atoms with E-state index in [9.17, 15) is 10.5 Å². The molecule has 8 aromatic rings. The SMILES string of the molecule is N#Cc1nc2c(nc1C#N)-c1ccc(-c3cc(N4c5ccccc5Oc5ccccc54)cc(N4c5ccccc5Oc5ccccc54)c3)c3cccc-2c13. The van der Waals surface area contributed by atoms with E-state index in [-0.39, 0.29) is 11.4 Å². The van der Waals surface area contributed by atoms with Crippen LogP contribution in [-0.2, 0) is 0 Å². The molecule has 0 spiro atoms. The van der Waals surface area contributed by atoms with Crippen LogP contribution >= 0.6 is 0 Å². The Balaban J connectivity index is 1.20. The van der Waals surface area contributed by atoms with E-state index in [1.807, 2.05) is 84.9 Å². The molecule has 3 heterocycles. The quantitative estimate of drug-likeness (QED) is 0.180. The predicted molar refractivity (Wildman–Crippen MR) is 208 cm³/mol. The minimum absolute atomic E-state index is 0.0239. The van der Waals surface area contributed by atoms with Gasteiger partial charge in [-0.1, -0.05) is 78.9 Å². The van der Waals surface area contributed by atoms with E-state index in [1.54, 1.807) is 0 Å². The Kier molecular flexibility index (Phi) is 6.22. The van der Waals surface area contributed by atoms with Crippen LogP contribution in [0.1, 0.15) is 11.4 Å². The van der Waals surface area contributed by atoms with E-state index >= 15 is 0 Å². The molecule has 8 nitrogen and oxygen atoms in total. The molecule has 0 saturated heterocycles. The minimum atomic E-state index is 0.0239. The lowest BCUT2D eigenvalue weighted by Gasteiger charge is -2.36. The normalized spacial score (nSPS) is 12.6. The van der Waals surface area contributed by atoms with Gasteiger partial charge in [-0.05, 0) is 83.2 Å². The predicted octanol–water partition coefficient (Wildman–Crippen LogP) is 11.8. The van der Waals surface area contributed by atoms with Crippen molar-refractivity contribution in [1.29, 1.82) is 10.5 Å². The van der Waals surface area contributed by atoms with Gasteiger partial charge in [-0.25, -0.2) is 9.97 Å². The van der Waals surface area contributed by atoms with Crippen molar-refractivity contribution in [3.8, 4) is 68.8 Å². The van der Waals surface area contributed by atoms with Gasteiger partial charge in [0.25, 0.3) is 0 Å². The van der Waals surface area contributed by atoms with Gasteiger partial charge in [0, 0.05) is 27.9 Å². The summed E-state index contributed by atoms with van der Waals surface area (Å²) in [5.41, 5.74) is 10.6. The third kappa shape index (κ3) is 4.22. The zero-order valence-corrected chi connectivity index (χ0v) is 28.4. The molecule has 54 heavy (non-hydrogen) atoms. The summed E-state index contributed by atoms with van der Waals surface area (Å²) in [6, 6.07) is 53.5. The number of para-hydroxylation sites is 8. The van der Waals surface area contributed by atoms with Crippen molar-refractivity contribution in [2.75, 3.05) is 9.80 Å². The number of fused-ring (bicyclic) bond motifs is 7. The summed E-state index contributed by atoms with van der Waals surface area (Å²) in [4.78, 5) is 13.8. The van der Waals surface area contributed by atoms with Crippen molar-refractivity contribution in [2.45, 2.75) is 0 Å². The molecule has 0 unspecified atom stereocenters. The molecule has 0 atom stereocenters. The highest BCUT2D eigenvalue weighted by atomic mass is 16.5. The lowest BCUT2D eigenvalue weighted by Crippen LogP contribution is -2.18. The maximum Gasteiger partial charge on any atom is 0.177 e. The number of rotatable bonds is 3. The standard InChI is InChI=1S/C46H24N6O2/c47-25-34-35(26-48)50-46-33-21-20-30(31-10-9-11-32(44(31)33)45(46)49-34)27-22-28(51-36-12-1-5-16-40(36)53-41-17-6-2-13-37(41)51)24-29(23-27)52-38-14-3-7-18-42(38)54-43-19-8-4-15-39(43)52/h1-24H. The summed E-state index contributed by atoms with van der Waals surface area (Å²) < 4.78 is 12.8. The number of nitriles is 2. The van der Waals surface area contributed by atoms with Gasteiger partial charge >= 0.3 is 0 Å². The van der Waals surface area contributed by atoms with Crippen LogP contribution < -0.4 is 19.3 Å². The zero-order chi connectivity index (χ0) is 35.9. The Hall–Kier alpha value is -7.94. The summed E-state index contributed by atoms with van der Waals surface area (Å²) in [6.07, 6.45) is 0. The Morgan fingerprint density at radius 1 is 0.444 bits per heavy atom. The molecule has 3 aliphatic rings. The van der Waals surface area contributed by atoms with E-state index in [0.29, 0.717) is 11.4 Å². The van der Waals surface area contributed by atoms with Crippen LogP contribution in [0.3, 0.4) is 0 Å². The van der Waals surface area contributed by atoms with Crippen LogP contribution in [0.2, 0.25) is 0 Å². The second kappa shape index (κ2) is 11.3. The molecule has 7 aromatic carbocycles. The van der Waals surface area contributed by atoms with Gasteiger partial charge in [0.2, 0.25) is 0 Å². The first-order valence-corrected chi connectivity index (χ1v) is 17.4. The van der Waals surface area contributed by atoms with Gasteiger partial charge in [-0.2, -0.15) is 10.5 Å². The van der Waals surface area contributed by atoms with Gasteiger partial charge in [0.1, 0.15) is 12.1 Å². The average Bonchev–Trinajstić information content (AvgIpc) is 3.54. The van der Waals surface area contributed by atoms with E-state index in [4.69, 9.17) is 9.47 Å². The number of benzene rings is 7. The molecule has 2 aliphatic heterocycles. The van der Waals surface area contributed by atoms with Crippen LogP contribution in [0.15, 0.2) is 146 Å². The largest absolute Gasteiger partial charge is 0.453 e. The van der Waals surface area contributed by atoms with E-state index < -0.39 is 0 Å². The summed E-state index contributed by atoms with van der Waals surface area (Å²) in [5.74, 6) is 3.06. The third-order valence-electron chi connectivity index (χ3n) is 10.3. The molecule has 0 radical (unpaired) electrons. The van der Waals surface area contributed by atoms with Crippen LogP contribution in [0.4, 0.5) is 34.1 Å². The molecule has 0 fully saturated rings.